The van der Waals surface area contributed by atoms with Gasteiger partial charge in [0.15, 0.2) is 0 Å². The maximum Gasteiger partial charge on any atom is 0.313 e. The molecule has 26 heavy (non-hydrogen) atoms. The molecule has 0 saturated carbocycles. The summed E-state index contributed by atoms with van der Waals surface area (Å²) in [6.45, 7) is 6.70. The molecule has 2 heterocycles. The van der Waals surface area contributed by atoms with Crippen LogP contribution < -0.4 is 16.0 Å². The van der Waals surface area contributed by atoms with Gasteiger partial charge in [-0.3, -0.25) is 14.5 Å². The van der Waals surface area contributed by atoms with Crippen LogP contribution in [0.25, 0.3) is 11.5 Å². The molecule has 0 bridgehead atoms. The van der Waals surface area contributed by atoms with Crippen molar-refractivity contribution in [3.63, 3.8) is 0 Å². The van der Waals surface area contributed by atoms with E-state index < -0.39 is 11.8 Å². The number of nitrogens with one attached hydrogen (secondary N) is 3. The minimum absolute atomic E-state index is 0.408. The molecule has 1 saturated heterocycles. The van der Waals surface area contributed by atoms with E-state index in [4.69, 9.17) is 4.42 Å². The SMILES string of the molecule is Cc1nnc(-c2ccc(NC(=O)C(=O)NCCN3CCNCC3)cc2)o1. The van der Waals surface area contributed by atoms with Crippen LogP contribution >= 0.6 is 0 Å². The second-order valence-corrected chi connectivity index (χ2v) is 6.01. The third-order valence-corrected chi connectivity index (χ3v) is 4.05. The van der Waals surface area contributed by atoms with Gasteiger partial charge in [0, 0.05) is 57.4 Å². The number of carbonyl (C=O) groups excluding carboxylic acids is 2. The Morgan fingerprint density at radius 2 is 1.88 bits per heavy atom. The number of anilines is 1. The second kappa shape index (κ2) is 8.54. The molecule has 3 rings (SSSR count). The number of carbonyl (C=O) groups is 2. The molecule has 1 aromatic carbocycles. The molecule has 2 aromatic rings. The van der Waals surface area contributed by atoms with Crippen LogP contribution in [0.4, 0.5) is 5.69 Å². The second-order valence-electron chi connectivity index (χ2n) is 6.01. The van der Waals surface area contributed by atoms with Crippen LogP contribution in [0, 0.1) is 6.92 Å². The lowest BCUT2D eigenvalue weighted by molar-refractivity contribution is -0.136. The van der Waals surface area contributed by atoms with Gasteiger partial charge in [-0.2, -0.15) is 0 Å². The summed E-state index contributed by atoms with van der Waals surface area (Å²) in [5, 5.41) is 16.2. The molecule has 0 aliphatic carbocycles. The smallest absolute Gasteiger partial charge is 0.313 e. The van der Waals surface area contributed by atoms with Crippen LogP contribution in [0.15, 0.2) is 28.7 Å². The fourth-order valence-corrected chi connectivity index (χ4v) is 2.64. The highest BCUT2D eigenvalue weighted by molar-refractivity contribution is 6.39. The molecule has 138 valence electrons. The van der Waals surface area contributed by atoms with E-state index in [9.17, 15) is 9.59 Å². The number of nitrogens with zero attached hydrogens (tertiary/aromatic N) is 3. The highest BCUT2D eigenvalue weighted by Gasteiger charge is 2.15. The minimum atomic E-state index is -0.688. The van der Waals surface area contributed by atoms with Gasteiger partial charge in [-0.25, -0.2) is 0 Å². The van der Waals surface area contributed by atoms with E-state index in [1.807, 2.05) is 0 Å². The number of hydrogen-bond acceptors (Lipinski definition) is 7. The number of rotatable bonds is 5. The van der Waals surface area contributed by atoms with Crippen molar-refractivity contribution in [2.24, 2.45) is 0 Å². The molecule has 9 heteroatoms. The average molecular weight is 358 g/mol. The summed E-state index contributed by atoms with van der Waals surface area (Å²) in [7, 11) is 0. The summed E-state index contributed by atoms with van der Waals surface area (Å²) in [6.07, 6.45) is 0. The van der Waals surface area contributed by atoms with Gasteiger partial charge in [-0.05, 0) is 24.3 Å². The van der Waals surface area contributed by atoms with Crippen LogP contribution in [0.3, 0.4) is 0 Å². The number of hydrogen-bond donors (Lipinski definition) is 3. The van der Waals surface area contributed by atoms with Crippen molar-refractivity contribution in [2.45, 2.75) is 6.92 Å². The molecule has 1 aliphatic rings. The van der Waals surface area contributed by atoms with E-state index in [0.29, 0.717) is 24.0 Å². The number of piperazine rings is 1. The summed E-state index contributed by atoms with van der Waals surface area (Å²) >= 11 is 0. The van der Waals surface area contributed by atoms with Gasteiger partial charge in [0.05, 0.1) is 0 Å². The number of benzene rings is 1. The minimum Gasteiger partial charge on any atom is -0.421 e. The molecule has 1 fully saturated rings. The van der Waals surface area contributed by atoms with E-state index in [0.717, 1.165) is 38.3 Å². The molecular weight excluding hydrogens is 336 g/mol. The van der Waals surface area contributed by atoms with E-state index >= 15 is 0 Å². The first kappa shape index (κ1) is 18.0. The molecule has 0 atom stereocenters. The molecule has 1 aromatic heterocycles. The lowest BCUT2D eigenvalue weighted by Crippen LogP contribution is -2.47. The zero-order valence-corrected chi connectivity index (χ0v) is 14.6. The summed E-state index contributed by atoms with van der Waals surface area (Å²) in [6, 6.07) is 6.84. The largest absolute Gasteiger partial charge is 0.421 e. The molecule has 9 nitrogen and oxygen atoms in total. The quantitative estimate of drug-likeness (QED) is 0.645. The number of aryl methyl sites for hydroxylation is 1. The molecule has 0 unspecified atom stereocenters. The van der Waals surface area contributed by atoms with Gasteiger partial charge >= 0.3 is 11.8 Å². The first-order chi connectivity index (χ1) is 12.6. The van der Waals surface area contributed by atoms with Crippen LogP contribution in [0.1, 0.15) is 5.89 Å². The van der Waals surface area contributed by atoms with Gasteiger partial charge < -0.3 is 20.4 Å². The first-order valence-corrected chi connectivity index (χ1v) is 8.54. The lowest BCUT2D eigenvalue weighted by Gasteiger charge is -2.26. The van der Waals surface area contributed by atoms with E-state index in [2.05, 4.69) is 31.0 Å². The summed E-state index contributed by atoms with van der Waals surface area (Å²) < 4.78 is 5.34. The Hall–Kier alpha value is -2.78. The average Bonchev–Trinajstić information content (AvgIpc) is 3.09. The van der Waals surface area contributed by atoms with Crippen molar-refractivity contribution < 1.29 is 14.0 Å². The van der Waals surface area contributed by atoms with Crippen molar-refractivity contribution in [3.8, 4) is 11.5 Å². The fourth-order valence-electron chi connectivity index (χ4n) is 2.64. The summed E-state index contributed by atoms with van der Waals surface area (Å²) in [4.78, 5) is 26.1. The predicted octanol–water partition coefficient (Wildman–Crippen LogP) is 0.00492. The zero-order chi connectivity index (χ0) is 18.4. The van der Waals surface area contributed by atoms with E-state index in [1.54, 1.807) is 31.2 Å². The van der Waals surface area contributed by atoms with Crippen LogP contribution in [-0.2, 0) is 9.59 Å². The Labute approximate surface area is 151 Å². The Balaban J connectivity index is 1.45. The van der Waals surface area contributed by atoms with E-state index in [-0.39, 0.29) is 0 Å². The maximum atomic E-state index is 12.0. The first-order valence-electron chi connectivity index (χ1n) is 8.54. The fraction of sp³-hybridized carbons (Fsp3) is 0.412. The van der Waals surface area contributed by atoms with Crippen LogP contribution in [0.5, 0.6) is 0 Å². The van der Waals surface area contributed by atoms with Crippen LogP contribution in [-0.4, -0.2) is 66.2 Å². The molecule has 1 aliphatic heterocycles. The molecule has 3 N–H and O–H groups in total. The Morgan fingerprint density at radius 3 is 2.54 bits per heavy atom. The topological polar surface area (TPSA) is 112 Å². The van der Waals surface area contributed by atoms with Crippen molar-refractivity contribution in [1.82, 2.24) is 25.7 Å². The van der Waals surface area contributed by atoms with Crippen molar-refractivity contribution in [3.05, 3.63) is 30.2 Å². The number of aromatic nitrogens is 2. The monoisotopic (exact) mass is 358 g/mol. The Morgan fingerprint density at radius 1 is 1.15 bits per heavy atom. The highest BCUT2D eigenvalue weighted by Crippen LogP contribution is 2.19. The Bertz CT molecular complexity index is 752. The van der Waals surface area contributed by atoms with Gasteiger partial charge in [0.1, 0.15) is 0 Å². The zero-order valence-electron chi connectivity index (χ0n) is 14.6. The molecule has 2 amide bonds. The summed E-state index contributed by atoms with van der Waals surface area (Å²) in [5.74, 6) is -0.440. The maximum absolute atomic E-state index is 12.0. The third-order valence-electron chi connectivity index (χ3n) is 4.05. The Kier molecular flexibility index (Phi) is 5.92. The molecular formula is C17H22N6O3. The standard InChI is InChI=1S/C17H22N6O3/c1-12-21-22-17(26-12)13-2-4-14(5-3-13)20-16(25)15(24)19-8-11-23-9-6-18-7-10-23/h2-5,18H,6-11H2,1H3,(H,19,24)(H,20,25). The molecule has 0 radical (unpaired) electrons. The van der Waals surface area contributed by atoms with E-state index in [1.165, 1.54) is 0 Å². The van der Waals surface area contributed by atoms with Gasteiger partial charge in [-0.15, -0.1) is 10.2 Å². The predicted molar refractivity (Wildman–Crippen MR) is 95.4 cm³/mol. The van der Waals surface area contributed by atoms with Crippen molar-refractivity contribution in [1.29, 1.82) is 0 Å². The third kappa shape index (κ3) is 4.87. The summed E-state index contributed by atoms with van der Waals surface area (Å²) in [5.41, 5.74) is 1.26. The highest BCUT2D eigenvalue weighted by atomic mass is 16.4. The lowest BCUT2D eigenvalue weighted by atomic mass is 10.2. The van der Waals surface area contributed by atoms with Gasteiger partial charge in [0.25, 0.3) is 0 Å². The van der Waals surface area contributed by atoms with Crippen LogP contribution in [0.2, 0.25) is 0 Å². The molecule has 0 spiro atoms. The van der Waals surface area contributed by atoms with Crippen molar-refractivity contribution in [2.75, 3.05) is 44.6 Å². The normalized spacial score (nSPS) is 14.8. The van der Waals surface area contributed by atoms with Crippen molar-refractivity contribution >= 4 is 17.5 Å². The number of amides is 2. The van der Waals surface area contributed by atoms with Gasteiger partial charge in [-0.1, -0.05) is 0 Å². The van der Waals surface area contributed by atoms with Gasteiger partial charge in [0.2, 0.25) is 11.8 Å².